The van der Waals surface area contributed by atoms with Crippen molar-refractivity contribution in [2.75, 3.05) is 43.1 Å². The van der Waals surface area contributed by atoms with Crippen molar-refractivity contribution in [1.82, 2.24) is 10.2 Å². The number of nitrogens with zero attached hydrogens (tertiary/aromatic N) is 2. The van der Waals surface area contributed by atoms with Crippen LogP contribution in [0.5, 0.6) is 0 Å². The molecular formula is C27H27FN4O6S. The second-order valence-electron chi connectivity index (χ2n) is 9.12. The minimum atomic E-state index is -3.69. The maximum absolute atomic E-state index is 13.8. The molecule has 39 heavy (non-hydrogen) atoms. The van der Waals surface area contributed by atoms with Gasteiger partial charge in [0.25, 0.3) is 5.91 Å². The lowest BCUT2D eigenvalue weighted by molar-refractivity contribution is -0.133. The second kappa shape index (κ2) is 11.1. The van der Waals surface area contributed by atoms with Gasteiger partial charge < -0.3 is 26.0 Å². The SMILES string of the molecule is CS(=O)(=O)c1cc(F)ccc1N1CCN(C(=O)[C@H](NC(=O)c2ccc(C(=O)O)c(N)c2)c2ccccc2)CC1. The number of sulfone groups is 1. The molecule has 10 nitrogen and oxygen atoms in total. The standard InChI is InChI=1S/C27H27FN4O6S/c1-39(37,38)23-16-19(28)8-10-22(23)31-11-13-32(14-12-31)26(34)24(17-5-3-2-4-6-17)30-25(33)18-7-9-20(27(35)36)21(29)15-18/h2-10,15-16,24H,11-14,29H2,1H3,(H,30,33)(H,35,36)/t24-/m1/s1. The monoisotopic (exact) mass is 554 g/mol. The molecule has 12 heteroatoms. The maximum atomic E-state index is 13.8. The Labute approximate surface area is 224 Å². The summed E-state index contributed by atoms with van der Waals surface area (Å²) in [5, 5.41) is 11.9. The van der Waals surface area contributed by atoms with Crippen molar-refractivity contribution < 1.29 is 32.3 Å². The number of benzene rings is 3. The van der Waals surface area contributed by atoms with Crippen LogP contribution < -0.4 is 16.0 Å². The summed E-state index contributed by atoms with van der Waals surface area (Å²) in [7, 11) is -3.69. The Hall–Kier alpha value is -4.45. The molecule has 0 radical (unpaired) electrons. The van der Waals surface area contributed by atoms with E-state index in [2.05, 4.69) is 5.32 Å². The van der Waals surface area contributed by atoms with E-state index in [1.54, 1.807) is 40.1 Å². The number of nitrogens with two attached hydrogens (primary N) is 1. The van der Waals surface area contributed by atoms with E-state index in [0.29, 0.717) is 24.3 Å². The number of nitrogens with one attached hydrogen (secondary N) is 1. The first-order chi connectivity index (χ1) is 18.5. The molecule has 0 saturated carbocycles. The third-order valence-corrected chi connectivity index (χ3v) is 7.58. The predicted octanol–water partition coefficient (Wildman–Crippen LogP) is 2.33. The van der Waals surface area contributed by atoms with Gasteiger partial charge in [-0.05, 0) is 42.0 Å². The molecule has 0 aromatic heterocycles. The molecule has 204 valence electrons. The van der Waals surface area contributed by atoms with Crippen LogP contribution in [0.3, 0.4) is 0 Å². The van der Waals surface area contributed by atoms with Gasteiger partial charge in [-0.15, -0.1) is 0 Å². The highest BCUT2D eigenvalue weighted by Crippen LogP contribution is 2.28. The smallest absolute Gasteiger partial charge is 0.337 e. The molecule has 4 N–H and O–H groups in total. The number of hydrogen-bond donors (Lipinski definition) is 3. The average molecular weight is 555 g/mol. The molecule has 0 aliphatic carbocycles. The molecule has 4 rings (SSSR count). The zero-order valence-corrected chi connectivity index (χ0v) is 21.8. The van der Waals surface area contributed by atoms with E-state index in [4.69, 9.17) is 5.73 Å². The van der Waals surface area contributed by atoms with Crippen LogP contribution in [0, 0.1) is 5.82 Å². The Morgan fingerprint density at radius 3 is 2.23 bits per heavy atom. The van der Waals surface area contributed by atoms with Gasteiger partial charge in [0, 0.05) is 43.7 Å². The molecular weight excluding hydrogens is 527 g/mol. The van der Waals surface area contributed by atoms with Crippen molar-refractivity contribution in [2.24, 2.45) is 0 Å². The molecule has 2 amide bonds. The number of piperazine rings is 1. The number of carbonyl (C=O) groups excluding carboxylic acids is 2. The number of aromatic carboxylic acids is 1. The van der Waals surface area contributed by atoms with E-state index >= 15 is 0 Å². The first kappa shape index (κ1) is 27.6. The summed E-state index contributed by atoms with van der Waals surface area (Å²) in [6, 6.07) is 15.0. The van der Waals surface area contributed by atoms with E-state index < -0.39 is 33.6 Å². The first-order valence-corrected chi connectivity index (χ1v) is 13.9. The Bertz CT molecular complexity index is 1520. The van der Waals surface area contributed by atoms with Crippen LogP contribution in [-0.4, -0.2) is 68.6 Å². The summed E-state index contributed by atoms with van der Waals surface area (Å²) in [6.07, 6.45) is 1.01. The van der Waals surface area contributed by atoms with Crippen LogP contribution in [0.2, 0.25) is 0 Å². The van der Waals surface area contributed by atoms with E-state index in [1.165, 1.54) is 30.3 Å². The Morgan fingerprint density at radius 1 is 0.974 bits per heavy atom. The minimum Gasteiger partial charge on any atom is -0.478 e. The number of anilines is 2. The van der Waals surface area contributed by atoms with Crippen LogP contribution in [-0.2, 0) is 14.6 Å². The number of carbonyl (C=O) groups is 3. The zero-order chi connectivity index (χ0) is 28.3. The number of carboxylic acids is 1. The number of amides is 2. The largest absolute Gasteiger partial charge is 0.478 e. The Morgan fingerprint density at radius 2 is 1.64 bits per heavy atom. The van der Waals surface area contributed by atoms with Gasteiger partial charge in [-0.1, -0.05) is 30.3 Å². The summed E-state index contributed by atoms with van der Waals surface area (Å²) < 4.78 is 38.2. The molecule has 1 aliphatic heterocycles. The number of hydrogen-bond acceptors (Lipinski definition) is 7. The van der Waals surface area contributed by atoms with Gasteiger partial charge in [0.2, 0.25) is 5.91 Å². The lowest BCUT2D eigenvalue weighted by Crippen LogP contribution is -2.52. The van der Waals surface area contributed by atoms with Crippen LogP contribution in [0.4, 0.5) is 15.8 Å². The van der Waals surface area contributed by atoms with Crippen molar-refractivity contribution in [3.8, 4) is 0 Å². The van der Waals surface area contributed by atoms with Gasteiger partial charge in [0.1, 0.15) is 11.9 Å². The molecule has 0 bridgehead atoms. The molecule has 0 unspecified atom stereocenters. The number of rotatable bonds is 7. The third-order valence-electron chi connectivity index (χ3n) is 6.45. The lowest BCUT2D eigenvalue weighted by atomic mass is 10.0. The zero-order valence-electron chi connectivity index (χ0n) is 21.0. The topological polar surface area (TPSA) is 150 Å². The van der Waals surface area contributed by atoms with Crippen molar-refractivity contribution in [3.05, 3.63) is 89.2 Å². The Balaban J connectivity index is 1.53. The van der Waals surface area contributed by atoms with E-state index in [-0.39, 0.29) is 40.7 Å². The Kier molecular flexibility index (Phi) is 7.86. The molecule has 3 aromatic carbocycles. The molecule has 1 atom stereocenters. The third kappa shape index (κ3) is 6.17. The van der Waals surface area contributed by atoms with Gasteiger partial charge in [-0.3, -0.25) is 9.59 Å². The van der Waals surface area contributed by atoms with Gasteiger partial charge >= 0.3 is 5.97 Å². The van der Waals surface area contributed by atoms with Crippen LogP contribution in [0.15, 0.2) is 71.6 Å². The van der Waals surface area contributed by atoms with Gasteiger partial charge in [-0.25, -0.2) is 17.6 Å². The quantitative estimate of drug-likeness (QED) is 0.377. The predicted molar refractivity (Wildman–Crippen MR) is 143 cm³/mol. The molecule has 1 fully saturated rings. The summed E-state index contributed by atoms with van der Waals surface area (Å²) in [5.74, 6) is -2.86. The fourth-order valence-corrected chi connectivity index (χ4v) is 5.35. The number of halogens is 1. The van der Waals surface area contributed by atoms with Crippen LogP contribution >= 0.6 is 0 Å². The molecule has 0 spiro atoms. The van der Waals surface area contributed by atoms with Gasteiger partial charge in [0.05, 0.1) is 16.1 Å². The second-order valence-corrected chi connectivity index (χ2v) is 11.1. The number of carboxylic acid groups (broad SMARTS) is 1. The van der Waals surface area contributed by atoms with E-state index in [1.807, 2.05) is 0 Å². The fourth-order valence-electron chi connectivity index (χ4n) is 4.44. The van der Waals surface area contributed by atoms with Gasteiger partial charge in [0.15, 0.2) is 9.84 Å². The molecule has 3 aromatic rings. The van der Waals surface area contributed by atoms with Crippen molar-refractivity contribution in [2.45, 2.75) is 10.9 Å². The van der Waals surface area contributed by atoms with Crippen LogP contribution in [0.1, 0.15) is 32.3 Å². The fraction of sp³-hybridized carbons (Fsp3) is 0.222. The molecule has 1 saturated heterocycles. The van der Waals surface area contributed by atoms with E-state index in [0.717, 1.165) is 12.3 Å². The summed E-state index contributed by atoms with van der Waals surface area (Å²) >= 11 is 0. The highest BCUT2D eigenvalue weighted by Gasteiger charge is 2.31. The molecule has 1 heterocycles. The lowest BCUT2D eigenvalue weighted by Gasteiger charge is -2.38. The van der Waals surface area contributed by atoms with Gasteiger partial charge in [-0.2, -0.15) is 0 Å². The van der Waals surface area contributed by atoms with Crippen LogP contribution in [0.25, 0.3) is 0 Å². The normalized spacial score (nSPS) is 14.5. The summed E-state index contributed by atoms with van der Waals surface area (Å²) in [5.41, 5.74) is 6.57. The highest BCUT2D eigenvalue weighted by atomic mass is 32.2. The maximum Gasteiger partial charge on any atom is 0.337 e. The summed E-state index contributed by atoms with van der Waals surface area (Å²) in [4.78, 5) is 41.2. The average Bonchev–Trinajstić information content (AvgIpc) is 2.91. The van der Waals surface area contributed by atoms with Crippen molar-refractivity contribution in [1.29, 1.82) is 0 Å². The molecule has 1 aliphatic rings. The minimum absolute atomic E-state index is 0.0804. The number of nitrogen functional groups attached to an aromatic ring is 1. The highest BCUT2D eigenvalue weighted by molar-refractivity contribution is 7.90. The van der Waals surface area contributed by atoms with E-state index in [9.17, 15) is 32.3 Å². The summed E-state index contributed by atoms with van der Waals surface area (Å²) in [6.45, 7) is 1.06. The van der Waals surface area contributed by atoms with Crippen molar-refractivity contribution >= 4 is 39.0 Å². The van der Waals surface area contributed by atoms with Crippen molar-refractivity contribution in [3.63, 3.8) is 0 Å². The first-order valence-electron chi connectivity index (χ1n) is 12.0.